The number of rotatable bonds is 7. The number of para-hydroxylation sites is 1. The standard InChI is InChI=1S/C20H20ClN3O2S/c1-23(18-5-3-2-4-6-18)19(26)14-27-20-22-17(13-25)12-24(20)11-15-7-9-16(21)10-8-15/h2-10,12,25H,11,13-14H2,1H3. The van der Waals surface area contributed by atoms with Crippen LogP contribution in [-0.2, 0) is 17.9 Å². The summed E-state index contributed by atoms with van der Waals surface area (Å²) >= 11 is 7.30. The number of aliphatic hydroxyl groups is 1. The number of halogens is 1. The Balaban J connectivity index is 1.69. The van der Waals surface area contributed by atoms with Crippen LogP contribution in [0.5, 0.6) is 0 Å². The first kappa shape index (κ1) is 19.5. The fourth-order valence-electron chi connectivity index (χ4n) is 2.56. The van der Waals surface area contributed by atoms with Crippen LogP contribution < -0.4 is 4.90 Å². The summed E-state index contributed by atoms with van der Waals surface area (Å²) in [6.07, 6.45) is 1.81. The van der Waals surface area contributed by atoms with Gasteiger partial charge in [0.25, 0.3) is 0 Å². The Hall–Kier alpha value is -2.28. The summed E-state index contributed by atoms with van der Waals surface area (Å²) in [6, 6.07) is 17.1. The van der Waals surface area contributed by atoms with Crippen LogP contribution in [0, 0.1) is 0 Å². The average Bonchev–Trinajstić information content (AvgIpc) is 3.09. The van der Waals surface area contributed by atoms with Crippen LogP contribution in [0.1, 0.15) is 11.3 Å². The largest absolute Gasteiger partial charge is 0.390 e. The maximum Gasteiger partial charge on any atom is 0.237 e. The minimum atomic E-state index is -0.140. The Kier molecular flexibility index (Phi) is 6.55. The molecule has 27 heavy (non-hydrogen) atoms. The van der Waals surface area contributed by atoms with Crippen molar-refractivity contribution in [1.29, 1.82) is 0 Å². The van der Waals surface area contributed by atoms with E-state index < -0.39 is 0 Å². The highest BCUT2D eigenvalue weighted by atomic mass is 35.5. The van der Waals surface area contributed by atoms with E-state index in [2.05, 4.69) is 4.98 Å². The van der Waals surface area contributed by atoms with Crippen LogP contribution in [0.4, 0.5) is 5.69 Å². The lowest BCUT2D eigenvalue weighted by Crippen LogP contribution is -2.27. The van der Waals surface area contributed by atoms with Crippen LogP contribution in [0.15, 0.2) is 66.0 Å². The first-order chi connectivity index (χ1) is 13.1. The number of aliphatic hydroxyl groups excluding tert-OH is 1. The molecule has 1 amide bonds. The average molecular weight is 402 g/mol. The van der Waals surface area contributed by atoms with Gasteiger partial charge in [0, 0.05) is 30.5 Å². The molecular formula is C20H20ClN3O2S. The molecule has 2 aromatic carbocycles. The predicted octanol–water partition coefficient (Wildman–Crippen LogP) is 3.83. The lowest BCUT2D eigenvalue weighted by atomic mass is 10.2. The SMILES string of the molecule is CN(C(=O)CSc1nc(CO)cn1Cc1ccc(Cl)cc1)c1ccccc1. The quantitative estimate of drug-likeness (QED) is 0.611. The van der Waals surface area contributed by atoms with Crippen LogP contribution in [0.3, 0.4) is 0 Å². The summed E-state index contributed by atoms with van der Waals surface area (Å²) in [6.45, 7) is 0.453. The van der Waals surface area contributed by atoms with E-state index in [4.69, 9.17) is 11.6 Å². The molecule has 1 aromatic heterocycles. The molecule has 0 aliphatic heterocycles. The summed E-state index contributed by atoms with van der Waals surface area (Å²) < 4.78 is 1.94. The van der Waals surface area contributed by atoms with Crippen molar-refractivity contribution in [2.75, 3.05) is 17.7 Å². The summed E-state index contributed by atoms with van der Waals surface area (Å²) in [5, 5.41) is 10.8. The van der Waals surface area contributed by atoms with Gasteiger partial charge in [0.05, 0.1) is 18.1 Å². The Morgan fingerprint density at radius 1 is 1.19 bits per heavy atom. The molecule has 0 unspecified atom stereocenters. The number of amides is 1. The Labute approximate surface area is 167 Å². The van der Waals surface area contributed by atoms with Crippen LogP contribution >= 0.6 is 23.4 Å². The molecule has 0 saturated heterocycles. The van der Waals surface area contributed by atoms with E-state index in [1.54, 1.807) is 11.9 Å². The fraction of sp³-hybridized carbons (Fsp3) is 0.200. The van der Waals surface area contributed by atoms with Crippen LogP contribution in [-0.4, -0.2) is 33.4 Å². The number of thioether (sulfide) groups is 1. The summed E-state index contributed by atoms with van der Waals surface area (Å²) in [7, 11) is 1.76. The number of imidazole rings is 1. The van der Waals surface area contributed by atoms with Gasteiger partial charge in [-0.1, -0.05) is 53.7 Å². The number of aromatic nitrogens is 2. The van der Waals surface area contributed by atoms with Crippen molar-refractivity contribution in [3.05, 3.63) is 77.1 Å². The van der Waals surface area contributed by atoms with Gasteiger partial charge in [-0.15, -0.1) is 0 Å². The second kappa shape index (κ2) is 9.08. The van der Waals surface area contributed by atoms with Crippen molar-refractivity contribution in [2.45, 2.75) is 18.3 Å². The molecule has 0 atom stereocenters. The maximum absolute atomic E-state index is 12.5. The van der Waals surface area contributed by atoms with Crippen molar-refractivity contribution < 1.29 is 9.90 Å². The van der Waals surface area contributed by atoms with E-state index in [0.29, 0.717) is 22.4 Å². The minimum Gasteiger partial charge on any atom is -0.390 e. The van der Waals surface area contributed by atoms with Gasteiger partial charge in [-0.3, -0.25) is 4.79 Å². The van der Waals surface area contributed by atoms with Crippen molar-refractivity contribution in [3.63, 3.8) is 0 Å². The van der Waals surface area contributed by atoms with E-state index in [1.807, 2.05) is 65.4 Å². The molecule has 0 saturated carbocycles. The van der Waals surface area contributed by atoms with E-state index in [9.17, 15) is 9.90 Å². The topological polar surface area (TPSA) is 58.4 Å². The van der Waals surface area contributed by atoms with Crippen LogP contribution in [0.2, 0.25) is 5.02 Å². The summed E-state index contributed by atoms with van der Waals surface area (Å²) in [4.78, 5) is 18.6. The highest BCUT2D eigenvalue weighted by Gasteiger charge is 2.15. The van der Waals surface area contributed by atoms with Gasteiger partial charge in [0.2, 0.25) is 5.91 Å². The second-order valence-electron chi connectivity index (χ2n) is 6.00. The van der Waals surface area contributed by atoms with E-state index >= 15 is 0 Å². The van der Waals surface area contributed by atoms with Crippen molar-refractivity contribution in [2.24, 2.45) is 0 Å². The monoisotopic (exact) mass is 401 g/mol. The van der Waals surface area contributed by atoms with Gasteiger partial charge < -0.3 is 14.6 Å². The van der Waals surface area contributed by atoms with Gasteiger partial charge in [-0.05, 0) is 29.8 Å². The molecule has 0 radical (unpaired) electrons. The Morgan fingerprint density at radius 3 is 2.56 bits per heavy atom. The molecule has 140 valence electrons. The molecule has 0 fully saturated rings. The second-order valence-corrected chi connectivity index (χ2v) is 7.38. The van der Waals surface area contributed by atoms with Crippen molar-refractivity contribution >= 4 is 35.0 Å². The zero-order valence-electron chi connectivity index (χ0n) is 14.9. The Bertz CT molecular complexity index is 897. The smallest absolute Gasteiger partial charge is 0.237 e. The predicted molar refractivity (Wildman–Crippen MR) is 109 cm³/mol. The normalized spacial score (nSPS) is 10.8. The van der Waals surface area contributed by atoms with E-state index in [-0.39, 0.29) is 18.3 Å². The molecule has 1 N–H and O–H groups in total. The molecule has 0 spiro atoms. The third-order valence-corrected chi connectivity index (χ3v) is 5.29. The molecule has 0 bridgehead atoms. The van der Waals surface area contributed by atoms with E-state index in [1.165, 1.54) is 11.8 Å². The number of hydrogen-bond acceptors (Lipinski definition) is 4. The Morgan fingerprint density at radius 2 is 1.89 bits per heavy atom. The third-order valence-electron chi connectivity index (χ3n) is 4.06. The number of anilines is 1. The molecule has 1 heterocycles. The van der Waals surface area contributed by atoms with Gasteiger partial charge in [-0.25, -0.2) is 4.98 Å². The number of nitrogens with zero attached hydrogens (tertiary/aromatic N) is 3. The first-order valence-corrected chi connectivity index (χ1v) is 9.79. The molecule has 3 aromatic rings. The maximum atomic E-state index is 12.5. The summed E-state index contributed by atoms with van der Waals surface area (Å²) in [5.41, 5.74) is 2.50. The zero-order valence-corrected chi connectivity index (χ0v) is 16.5. The van der Waals surface area contributed by atoms with Gasteiger partial charge >= 0.3 is 0 Å². The molecule has 3 rings (SSSR count). The van der Waals surface area contributed by atoms with Crippen molar-refractivity contribution in [1.82, 2.24) is 9.55 Å². The van der Waals surface area contributed by atoms with Gasteiger partial charge in [0.1, 0.15) is 0 Å². The fourth-order valence-corrected chi connectivity index (χ4v) is 3.60. The molecule has 7 heteroatoms. The highest BCUT2D eigenvalue weighted by molar-refractivity contribution is 7.99. The van der Waals surface area contributed by atoms with Gasteiger partial charge in [-0.2, -0.15) is 0 Å². The lowest BCUT2D eigenvalue weighted by Gasteiger charge is -2.17. The lowest BCUT2D eigenvalue weighted by molar-refractivity contribution is -0.115. The minimum absolute atomic E-state index is 0.0159. The molecule has 5 nitrogen and oxygen atoms in total. The van der Waals surface area contributed by atoms with E-state index in [0.717, 1.165) is 11.3 Å². The molecule has 0 aliphatic carbocycles. The first-order valence-electron chi connectivity index (χ1n) is 8.42. The zero-order chi connectivity index (χ0) is 19.2. The summed E-state index contributed by atoms with van der Waals surface area (Å²) in [5.74, 6) is 0.242. The third kappa shape index (κ3) is 5.13. The highest BCUT2D eigenvalue weighted by Crippen LogP contribution is 2.22. The van der Waals surface area contributed by atoms with Crippen molar-refractivity contribution in [3.8, 4) is 0 Å². The molecular weight excluding hydrogens is 382 g/mol. The molecule has 0 aliphatic rings. The van der Waals surface area contributed by atoms with Crippen LogP contribution in [0.25, 0.3) is 0 Å². The number of hydrogen-bond donors (Lipinski definition) is 1. The van der Waals surface area contributed by atoms with Gasteiger partial charge in [0.15, 0.2) is 5.16 Å². The number of carbonyl (C=O) groups excluding carboxylic acids is 1. The number of benzene rings is 2. The number of carbonyl (C=O) groups is 1.